The predicted octanol–water partition coefficient (Wildman–Crippen LogP) is 4.56. The summed E-state index contributed by atoms with van der Waals surface area (Å²) in [6.07, 6.45) is -8.81. The van der Waals surface area contributed by atoms with Crippen LogP contribution in [0.25, 0.3) is 0 Å². The first-order valence-electron chi connectivity index (χ1n) is 9.85. The Labute approximate surface area is 170 Å². The smallest absolute Gasteiger partial charge is 0.428 e. The SMILES string of the molecule is C=C(C)C(=O)OCC12CC3CC(C1)C(C)(OCC(O)(C(F)(F)F)C(F)(F)F)C(C3)C2. The van der Waals surface area contributed by atoms with E-state index in [1.807, 2.05) is 0 Å². The van der Waals surface area contributed by atoms with E-state index in [0.717, 1.165) is 6.42 Å². The van der Waals surface area contributed by atoms with E-state index in [4.69, 9.17) is 9.47 Å². The molecule has 4 saturated carbocycles. The number of halogens is 6. The fourth-order valence-corrected chi connectivity index (χ4v) is 5.69. The molecule has 0 aromatic rings. The maximum atomic E-state index is 13.0. The maximum Gasteiger partial charge on any atom is 0.428 e. The van der Waals surface area contributed by atoms with E-state index in [0.29, 0.717) is 25.7 Å². The molecule has 4 nitrogen and oxygen atoms in total. The van der Waals surface area contributed by atoms with Crippen molar-refractivity contribution < 1.29 is 45.7 Å². The van der Waals surface area contributed by atoms with Crippen molar-refractivity contribution in [2.45, 2.75) is 69.5 Å². The molecule has 1 N–H and O–H groups in total. The number of carbonyl (C=O) groups is 1. The molecular weight excluding hydrogens is 418 g/mol. The lowest BCUT2D eigenvalue weighted by atomic mass is 9.45. The molecular formula is C20H26F6O4. The number of aliphatic hydroxyl groups is 1. The molecule has 0 amide bonds. The standard InChI is InChI=1S/C20H26F6O4/c1-11(2)15(27)29-9-17-6-12-4-13(7-17)16(3,14(5-12)8-17)30-10-18(28,19(21,22)23)20(24,25)26/h12-14,28H,1,4-10H2,2-3H3. The monoisotopic (exact) mass is 444 g/mol. The van der Waals surface area contributed by atoms with Crippen molar-refractivity contribution in [3.05, 3.63) is 12.2 Å². The lowest BCUT2D eigenvalue weighted by Gasteiger charge is -2.64. The van der Waals surface area contributed by atoms with Crippen molar-refractivity contribution in [3.8, 4) is 0 Å². The first-order valence-corrected chi connectivity index (χ1v) is 9.85. The highest BCUT2D eigenvalue weighted by atomic mass is 19.4. The van der Waals surface area contributed by atoms with E-state index in [9.17, 15) is 36.2 Å². The van der Waals surface area contributed by atoms with E-state index in [-0.39, 0.29) is 35.3 Å². The van der Waals surface area contributed by atoms with Crippen LogP contribution < -0.4 is 0 Å². The number of alkyl halides is 6. The van der Waals surface area contributed by atoms with Crippen LogP contribution in [-0.4, -0.2) is 47.8 Å². The summed E-state index contributed by atoms with van der Waals surface area (Å²) in [6.45, 7) is 4.84. The fourth-order valence-electron chi connectivity index (χ4n) is 5.69. The van der Waals surface area contributed by atoms with Gasteiger partial charge in [-0.05, 0) is 63.7 Å². The van der Waals surface area contributed by atoms with Crippen LogP contribution in [0.5, 0.6) is 0 Å². The molecule has 0 saturated heterocycles. The van der Waals surface area contributed by atoms with E-state index in [1.165, 1.54) is 6.92 Å². The van der Waals surface area contributed by atoms with Gasteiger partial charge in [0.1, 0.15) is 0 Å². The zero-order valence-electron chi connectivity index (χ0n) is 16.8. The highest BCUT2D eigenvalue weighted by Crippen LogP contribution is 2.65. The molecule has 4 aliphatic carbocycles. The van der Waals surface area contributed by atoms with Crippen molar-refractivity contribution in [1.29, 1.82) is 0 Å². The van der Waals surface area contributed by atoms with Crippen molar-refractivity contribution in [3.63, 3.8) is 0 Å². The van der Waals surface area contributed by atoms with Crippen LogP contribution in [0.2, 0.25) is 0 Å². The third-order valence-corrected chi connectivity index (χ3v) is 7.33. The second-order valence-corrected chi connectivity index (χ2v) is 9.53. The minimum Gasteiger partial charge on any atom is -0.462 e. The first kappa shape index (κ1) is 23.4. The summed E-state index contributed by atoms with van der Waals surface area (Å²) in [5.74, 6) is -0.826. The van der Waals surface area contributed by atoms with Crippen LogP contribution in [0.4, 0.5) is 26.3 Å². The van der Waals surface area contributed by atoms with E-state index < -0.39 is 36.1 Å². The summed E-state index contributed by atoms with van der Waals surface area (Å²) < 4.78 is 88.9. The largest absolute Gasteiger partial charge is 0.462 e. The summed E-state index contributed by atoms with van der Waals surface area (Å²) in [4.78, 5) is 11.8. The topological polar surface area (TPSA) is 55.8 Å². The average Bonchev–Trinajstić information content (AvgIpc) is 2.59. The highest BCUT2D eigenvalue weighted by Gasteiger charge is 2.72. The molecule has 0 aliphatic heterocycles. The predicted molar refractivity (Wildman–Crippen MR) is 93.2 cm³/mol. The highest BCUT2D eigenvalue weighted by molar-refractivity contribution is 5.86. The van der Waals surface area contributed by atoms with Crippen LogP contribution in [0.15, 0.2) is 12.2 Å². The number of ether oxygens (including phenoxy) is 2. The molecule has 0 heterocycles. The van der Waals surface area contributed by atoms with Crippen LogP contribution >= 0.6 is 0 Å². The number of hydrogen-bond acceptors (Lipinski definition) is 4. The fraction of sp³-hybridized carbons (Fsp3) is 0.850. The quantitative estimate of drug-likeness (QED) is 0.371. The minimum absolute atomic E-state index is 0.146. The van der Waals surface area contributed by atoms with Gasteiger partial charge in [-0.1, -0.05) is 6.58 Å². The molecule has 10 heteroatoms. The maximum absolute atomic E-state index is 13.0. The van der Waals surface area contributed by atoms with E-state index in [1.54, 1.807) is 6.92 Å². The Hall–Kier alpha value is -1.29. The zero-order valence-corrected chi connectivity index (χ0v) is 16.8. The van der Waals surface area contributed by atoms with Gasteiger partial charge in [-0.25, -0.2) is 4.79 Å². The molecule has 0 spiro atoms. The van der Waals surface area contributed by atoms with Crippen molar-refractivity contribution in [2.75, 3.05) is 13.2 Å². The van der Waals surface area contributed by atoms with Crippen LogP contribution in [-0.2, 0) is 14.3 Å². The molecule has 0 aromatic heterocycles. The molecule has 172 valence electrons. The molecule has 2 unspecified atom stereocenters. The second-order valence-electron chi connectivity index (χ2n) is 9.53. The molecule has 0 aromatic carbocycles. The third-order valence-electron chi connectivity index (χ3n) is 7.33. The molecule has 2 atom stereocenters. The van der Waals surface area contributed by atoms with Gasteiger partial charge in [0.25, 0.3) is 5.60 Å². The molecule has 4 rings (SSSR count). The van der Waals surface area contributed by atoms with Crippen LogP contribution in [0.3, 0.4) is 0 Å². The van der Waals surface area contributed by atoms with Crippen molar-refractivity contribution in [1.82, 2.24) is 0 Å². The van der Waals surface area contributed by atoms with Gasteiger partial charge < -0.3 is 14.6 Å². The number of esters is 1. The molecule has 4 aliphatic rings. The van der Waals surface area contributed by atoms with Crippen LogP contribution in [0, 0.1) is 23.2 Å². The summed E-state index contributed by atoms with van der Waals surface area (Å²) >= 11 is 0. The molecule has 0 radical (unpaired) electrons. The summed E-state index contributed by atoms with van der Waals surface area (Å²) in [5, 5.41) is 9.46. The molecule has 30 heavy (non-hydrogen) atoms. The summed E-state index contributed by atoms with van der Waals surface area (Å²) in [5.41, 5.74) is -6.24. The summed E-state index contributed by atoms with van der Waals surface area (Å²) in [7, 11) is 0. The lowest BCUT2D eigenvalue weighted by Crippen LogP contribution is -2.65. The Kier molecular flexibility index (Phi) is 5.54. The summed E-state index contributed by atoms with van der Waals surface area (Å²) in [6, 6.07) is 0. The van der Waals surface area contributed by atoms with Gasteiger partial charge in [0, 0.05) is 11.0 Å². The van der Waals surface area contributed by atoms with Gasteiger partial charge in [0.2, 0.25) is 0 Å². The van der Waals surface area contributed by atoms with Gasteiger partial charge >= 0.3 is 18.3 Å². The van der Waals surface area contributed by atoms with Crippen molar-refractivity contribution >= 4 is 5.97 Å². The molecule has 4 bridgehead atoms. The van der Waals surface area contributed by atoms with Crippen molar-refractivity contribution in [2.24, 2.45) is 23.2 Å². The van der Waals surface area contributed by atoms with E-state index >= 15 is 0 Å². The Balaban J connectivity index is 1.76. The minimum atomic E-state index is -5.91. The van der Waals surface area contributed by atoms with Gasteiger partial charge in [-0.2, -0.15) is 26.3 Å². The average molecular weight is 444 g/mol. The van der Waals surface area contributed by atoms with Gasteiger partial charge in [0.15, 0.2) is 0 Å². The van der Waals surface area contributed by atoms with Crippen LogP contribution in [0.1, 0.15) is 46.0 Å². The zero-order chi connectivity index (χ0) is 22.8. The van der Waals surface area contributed by atoms with Gasteiger partial charge in [0.05, 0.1) is 18.8 Å². The Morgan fingerprint density at radius 3 is 2.00 bits per heavy atom. The Bertz CT molecular complexity index is 683. The number of carbonyl (C=O) groups excluding carboxylic acids is 1. The van der Waals surface area contributed by atoms with Gasteiger partial charge in [-0.3, -0.25) is 0 Å². The Morgan fingerprint density at radius 2 is 1.57 bits per heavy atom. The van der Waals surface area contributed by atoms with E-state index in [2.05, 4.69) is 6.58 Å². The molecule has 4 fully saturated rings. The lowest BCUT2D eigenvalue weighted by molar-refractivity contribution is -0.388. The number of rotatable bonds is 6. The first-order chi connectivity index (χ1) is 13.5. The Morgan fingerprint density at radius 1 is 1.07 bits per heavy atom. The second kappa shape index (κ2) is 7.12. The normalized spacial score (nSPS) is 36.1. The number of hydrogen-bond donors (Lipinski definition) is 1. The van der Waals surface area contributed by atoms with Gasteiger partial charge in [-0.15, -0.1) is 0 Å². The third kappa shape index (κ3) is 3.74.